The van der Waals surface area contributed by atoms with Gasteiger partial charge in [0.2, 0.25) is 5.91 Å². The molecule has 3 aromatic rings. The fraction of sp³-hybridized carbons (Fsp3) is 0.294. The molecule has 0 saturated carbocycles. The Labute approximate surface area is 148 Å². The van der Waals surface area contributed by atoms with Crippen LogP contribution in [0, 0.1) is 5.82 Å². The van der Waals surface area contributed by atoms with Crippen molar-refractivity contribution in [3.8, 4) is 5.69 Å². The Morgan fingerprint density at radius 3 is 2.64 bits per heavy atom. The Morgan fingerprint density at radius 2 is 1.96 bits per heavy atom. The highest BCUT2D eigenvalue weighted by Gasteiger charge is 2.16. The van der Waals surface area contributed by atoms with Crippen molar-refractivity contribution >= 4 is 28.7 Å². The molecule has 0 spiro atoms. The summed E-state index contributed by atoms with van der Waals surface area (Å²) in [6.45, 7) is 5.81. The van der Waals surface area contributed by atoms with Crippen LogP contribution in [-0.4, -0.2) is 36.9 Å². The molecular weight excluding hydrogens is 341 g/mol. The maximum atomic E-state index is 13.1. The van der Waals surface area contributed by atoms with Crippen LogP contribution >= 0.6 is 11.8 Å². The molecule has 0 saturated heterocycles. The Bertz CT molecular complexity index is 902. The number of hydrogen-bond donors (Lipinski definition) is 1. The average molecular weight is 359 g/mol. The number of carbonyl (C=O) groups is 1. The van der Waals surface area contributed by atoms with E-state index in [0.29, 0.717) is 16.4 Å². The van der Waals surface area contributed by atoms with E-state index in [1.165, 1.54) is 30.2 Å². The molecule has 0 unspecified atom stereocenters. The number of carbonyl (C=O) groups excluding carboxylic acids is 1. The first-order chi connectivity index (χ1) is 11.8. The highest BCUT2D eigenvalue weighted by molar-refractivity contribution is 8.00. The van der Waals surface area contributed by atoms with Crippen LogP contribution in [-0.2, 0) is 4.79 Å². The van der Waals surface area contributed by atoms with Crippen LogP contribution in [0.15, 0.2) is 41.8 Å². The second-order valence-electron chi connectivity index (χ2n) is 6.54. The topological polar surface area (TPSA) is 72.7 Å². The molecule has 0 aliphatic heterocycles. The van der Waals surface area contributed by atoms with Crippen molar-refractivity contribution in [1.29, 1.82) is 0 Å². The molecule has 0 aliphatic carbocycles. The van der Waals surface area contributed by atoms with Crippen molar-refractivity contribution in [2.24, 2.45) is 0 Å². The third-order valence-electron chi connectivity index (χ3n) is 3.25. The van der Waals surface area contributed by atoms with Gasteiger partial charge in [-0.05, 0) is 45.0 Å². The zero-order chi connectivity index (χ0) is 18.0. The van der Waals surface area contributed by atoms with Crippen molar-refractivity contribution < 1.29 is 9.18 Å². The number of aromatic nitrogens is 4. The van der Waals surface area contributed by atoms with Crippen molar-refractivity contribution in [3.63, 3.8) is 0 Å². The van der Waals surface area contributed by atoms with E-state index >= 15 is 0 Å². The predicted octanol–water partition coefficient (Wildman–Crippen LogP) is 2.96. The number of amides is 1. The molecule has 3 rings (SSSR count). The van der Waals surface area contributed by atoms with E-state index in [1.54, 1.807) is 23.0 Å². The van der Waals surface area contributed by atoms with E-state index in [-0.39, 0.29) is 23.0 Å². The van der Waals surface area contributed by atoms with Crippen molar-refractivity contribution in [1.82, 2.24) is 25.1 Å². The van der Waals surface area contributed by atoms with Gasteiger partial charge < -0.3 is 5.32 Å². The molecule has 0 fully saturated rings. The number of halogens is 1. The molecule has 1 amide bonds. The van der Waals surface area contributed by atoms with Crippen molar-refractivity contribution in [2.45, 2.75) is 31.3 Å². The second kappa shape index (κ2) is 6.79. The molecule has 1 aromatic carbocycles. The molecule has 6 nitrogen and oxygen atoms in total. The van der Waals surface area contributed by atoms with Crippen LogP contribution in [0.5, 0.6) is 0 Å². The van der Waals surface area contributed by atoms with Crippen LogP contribution < -0.4 is 5.32 Å². The molecule has 1 N–H and O–H groups in total. The lowest BCUT2D eigenvalue weighted by Gasteiger charge is -2.20. The Morgan fingerprint density at radius 1 is 1.24 bits per heavy atom. The van der Waals surface area contributed by atoms with E-state index in [9.17, 15) is 9.18 Å². The summed E-state index contributed by atoms with van der Waals surface area (Å²) >= 11 is 1.33. The van der Waals surface area contributed by atoms with Gasteiger partial charge in [0, 0.05) is 5.54 Å². The lowest BCUT2D eigenvalue weighted by atomic mass is 10.1. The van der Waals surface area contributed by atoms with E-state index in [0.717, 1.165) is 5.39 Å². The number of hydrogen-bond acceptors (Lipinski definition) is 5. The van der Waals surface area contributed by atoms with Gasteiger partial charge in [-0.25, -0.2) is 19.0 Å². The molecule has 130 valence electrons. The Kier molecular flexibility index (Phi) is 4.71. The molecular formula is C17H18FN5OS. The average Bonchev–Trinajstić information content (AvgIpc) is 2.96. The van der Waals surface area contributed by atoms with Gasteiger partial charge in [-0.2, -0.15) is 5.10 Å². The smallest absolute Gasteiger partial charge is 0.230 e. The molecule has 8 heteroatoms. The summed E-state index contributed by atoms with van der Waals surface area (Å²) in [5.74, 6) is -0.114. The van der Waals surface area contributed by atoms with E-state index < -0.39 is 0 Å². The maximum Gasteiger partial charge on any atom is 0.230 e. The summed E-state index contributed by atoms with van der Waals surface area (Å²) in [5, 5.41) is 8.67. The van der Waals surface area contributed by atoms with Crippen molar-refractivity contribution in [3.05, 3.63) is 42.6 Å². The normalized spacial score (nSPS) is 11.7. The number of nitrogens with zero attached hydrogens (tertiary/aromatic N) is 4. The fourth-order valence-corrected chi connectivity index (χ4v) is 3.06. The highest BCUT2D eigenvalue weighted by atomic mass is 32.2. The Balaban J connectivity index is 1.84. The number of fused-ring (bicyclic) bond motifs is 1. The number of benzene rings is 1. The van der Waals surface area contributed by atoms with E-state index in [4.69, 9.17) is 0 Å². The van der Waals surface area contributed by atoms with Crippen LogP contribution in [0.4, 0.5) is 4.39 Å². The first-order valence-corrected chi connectivity index (χ1v) is 8.70. The van der Waals surface area contributed by atoms with Crippen LogP contribution in [0.2, 0.25) is 0 Å². The summed E-state index contributed by atoms with van der Waals surface area (Å²) < 4.78 is 14.7. The van der Waals surface area contributed by atoms with Gasteiger partial charge in [-0.15, -0.1) is 0 Å². The van der Waals surface area contributed by atoms with Crippen LogP contribution in [0.1, 0.15) is 20.8 Å². The first-order valence-electron chi connectivity index (χ1n) is 7.72. The molecule has 0 radical (unpaired) electrons. The summed E-state index contributed by atoms with van der Waals surface area (Å²) in [6, 6.07) is 6.01. The van der Waals surface area contributed by atoms with Crippen LogP contribution in [0.25, 0.3) is 16.7 Å². The van der Waals surface area contributed by atoms with Crippen LogP contribution in [0.3, 0.4) is 0 Å². The third-order valence-corrected chi connectivity index (χ3v) is 4.26. The highest BCUT2D eigenvalue weighted by Crippen LogP contribution is 2.25. The number of rotatable bonds is 4. The van der Waals surface area contributed by atoms with Gasteiger partial charge in [0.05, 0.1) is 23.0 Å². The lowest BCUT2D eigenvalue weighted by Crippen LogP contribution is -2.41. The molecule has 0 aliphatic rings. The zero-order valence-electron chi connectivity index (χ0n) is 14.2. The fourth-order valence-electron chi connectivity index (χ4n) is 2.30. The van der Waals surface area contributed by atoms with E-state index in [1.807, 2.05) is 20.8 Å². The van der Waals surface area contributed by atoms with Crippen molar-refractivity contribution in [2.75, 3.05) is 5.75 Å². The number of thioether (sulfide) groups is 1. The molecule has 0 atom stereocenters. The van der Waals surface area contributed by atoms with Gasteiger partial charge in [-0.1, -0.05) is 11.8 Å². The minimum absolute atomic E-state index is 0.0600. The molecule has 2 aromatic heterocycles. The predicted molar refractivity (Wildman–Crippen MR) is 95.2 cm³/mol. The maximum absolute atomic E-state index is 13.1. The SMILES string of the molecule is CC(C)(C)NC(=O)CSc1ncnc2c1cnn2-c1ccc(F)cc1. The number of nitrogens with one attached hydrogen (secondary N) is 1. The Hall–Kier alpha value is -2.48. The first kappa shape index (κ1) is 17.3. The molecule has 0 bridgehead atoms. The quantitative estimate of drug-likeness (QED) is 0.573. The van der Waals surface area contributed by atoms with Gasteiger partial charge >= 0.3 is 0 Å². The third kappa shape index (κ3) is 4.14. The second-order valence-corrected chi connectivity index (χ2v) is 7.50. The lowest BCUT2D eigenvalue weighted by molar-refractivity contribution is -0.119. The molecule has 2 heterocycles. The van der Waals surface area contributed by atoms with Gasteiger partial charge in [0.25, 0.3) is 0 Å². The van der Waals surface area contributed by atoms with Gasteiger partial charge in [0.1, 0.15) is 17.2 Å². The standard InChI is InChI=1S/C17H18FN5OS/c1-17(2,3)22-14(24)9-25-16-13-8-21-23(15(13)19-10-20-16)12-6-4-11(18)5-7-12/h4-8,10H,9H2,1-3H3,(H,22,24). The summed E-state index contributed by atoms with van der Waals surface area (Å²) in [6.07, 6.45) is 3.09. The van der Waals surface area contributed by atoms with Gasteiger partial charge in [0.15, 0.2) is 5.65 Å². The zero-order valence-corrected chi connectivity index (χ0v) is 15.0. The summed E-state index contributed by atoms with van der Waals surface area (Å²) in [5.41, 5.74) is 1.04. The minimum Gasteiger partial charge on any atom is -0.351 e. The summed E-state index contributed by atoms with van der Waals surface area (Å²) in [7, 11) is 0. The largest absolute Gasteiger partial charge is 0.351 e. The minimum atomic E-state index is -0.309. The van der Waals surface area contributed by atoms with E-state index in [2.05, 4.69) is 20.4 Å². The monoisotopic (exact) mass is 359 g/mol. The summed E-state index contributed by atoms with van der Waals surface area (Å²) in [4.78, 5) is 20.5. The van der Waals surface area contributed by atoms with Gasteiger partial charge in [-0.3, -0.25) is 4.79 Å². The molecule has 25 heavy (non-hydrogen) atoms.